The fourth-order valence-corrected chi connectivity index (χ4v) is 2.20. The van der Waals surface area contributed by atoms with Crippen LogP contribution in [0.3, 0.4) is 0 Å². The van der Waals surface area contributed by atoms with Gasteiger partial charge in [0.15, 0.2) is 11.6 Å². The van der Waals surface area contributed by atoms with Crippen molar-refractivity contribution in [2.45, 2.75) is 0 Å². The highest BCUT2D eigenvalue weighted by Gasteiger charge is 2.18. The van der Waals surface area contributed by atoms with E-state index in [0.29, 0.717) is 0 Å². The molecule has 5 N–H and O–H groups in total. The molecule has 0 bridgehead atoms. The number of carboxylic acid groups (broad SMARTS) is 1. The van der Waals surface area contributed by atoms with E-state index < -0.39 is 17.6 Å². The molecule has 130 valence electrons. The Hall–Kier alpha value is -3.70. The van der Waals surface area contributed by atoms with Crippen molar-refractivity contribution in [3.8, 4) is 6.07 Å². The van der Waals surface area contributed by atoms with Gasteiger partial charge in [-0.1, -0.05) is 29.8 Å². The minimum absolute atomic E-state index is 0.0261. The summed E-state index contributed by atoms with van der Waals surface area (Å²) in [6.45, 7) is 0. The fraction of sp³-hybridized carbons (Fsp3) is 0. The highest BCUT2D eigenvalue weighted by atomic mass is 35.5. The molecule has 9 heteroatoms. The zero-order valence-corrected chi connectivity index (χ0v) is 13.9. The van der Waals surface area contributed by atoms with Crippen molar-refractivity contribution < 1.29 is 14.7 Å². The van der Waals surface area contributed by atoms with Gasteiger partial charge in [-0.15, -0.1) is 0 Å². The Kier molecular flexibility index (Phi) is 5.67. The molecule has 0 saturated heterocycles. The van der Waals surface area contributed by atoms with Crippen LogP contribution in [0, 0.1) is 16.7 Å². The van der Waals surface area contributed by atoms with Gasteiger partial charge in [-0.05, 0) is 24.3 Å². The molecule has 0 aliphatic heterocycles. The molecular weight excluding hydrogens is 358 g/mol. The van der Waals surface area contributed by atoms with Gasteiger partial charge in [0, 0.05) is 11.1 Å². The van der Waals surface area contributed by atoms with E-state index in [1.807, 2.05) is 0 Å². The molecule has 0 saturated carbocycles. The number of nitriles is 1. The van der Waals surface area contributed by atoms with Crippen LogP contribution in [-0.2, 0) is 0 Å². The van der Waals surface area contributed by atoms with E-state index in [1.54, 1.807) is 12.1 Å². The van der Waals surface area contributed by atoms with E-state index in [-0.39, 0.29) is 33.1 Å². The van der Waals surface area contributed by atoms with Crippen molar-refractivity contribution in [2.75, 3.05) is 5.43 Å². The summed E-state index contributed by atoms with van der Waals surface area (Å²) in [7, 11) is 0. The molecule has 0 heterocycles. The van der Waals surface area contributed by atoms with E-state index >= 15 is 0 Å². The van der Waals surface area contributed by atoms with Crippen LogP contribution in [0.15, 0.2) is 47.6 Å². The first kappa shape index (κ1) is 18.6. The predicted molar refractivity (Wildman–Crippen MR) is 96.9 cm³/mol. The average molecular weight is 370 g/mol. The number of carbonyl (C=O) groups excluding carboxylic acids is 1. The number of rotatable bonds is 6. The van der Waals surface area contributed by atoms with Gasteiger partial charge in [-0.3, -0.25) is 15.6 Å². The number of carbonyl (C=O) groups is 2. The second-order valence-corrected chi connectivity index (χ2v) is 5.38. The Morgan fingerprint density at radius 3 is 2.46 bits per heavy atom. The number of hydrogen-bond donors (Lipinski definition) is 4. The number of hydrazone groups is 1. The third kappa shape index (κ3) is 4.03. The quantitative estimate of drug-likeness (QED) is 0.265. The Bertz CT molecular complexity index is 979. The molecule has 2 aromatic rings. The Labute approximate surface area is 153 Å². The number of benzene rings is 2. The van der Waals surface area contributed by atoms with Crippen molar-refractivity contribution in [1.29, 1.82) is 10.7 Å². The van der Waals surface area contributed by atoms with Crippen molar-refractivity contribution in [3.63, 3.8) is 0 Å². The Morgan fingerprint density at radius 2 is 1.88 bits per heavy atom. The number of ketones is 1. The van der Waals surface area contributed by atoms with Crippen LogP contribution >= 0.6 is 11.6 Å². The number of amidine groups is 1. The van der Waals surface area contributed by atoms with Gasteiger partial charge < -0.3 is 10.8 Å². The summed E-state index contributed by atoms with van der Waals surface area (Å²) in [4.78, 5) is 23.9. The van der Waals surface area contributed by atoms with Crippen molar-refractivity contribution in [2.24, 2.45) is 10.8 Å². The number of anilines is 1. The zero-order chi connectivity index (χ0) is 19.3. The molecule has 0 aromatic heterocycles. The number of nitrogens with one attached hydrogen (secondary N) is 2. The summed E-state index contributed by atoms with van der Waals surface area (Å²) in [6, 6.07) is 11.7. The van der Waals surface area contributed by atoms with Crippen molar-refractivity contribution in [1.82, 2.24) is 0 Å². The molecule has 2 rings (SSSR count). The standard InChI is InChI=1S/C17H12ClN5O3/c18-12-6-5-9(7-13(12)22-23-14(8-19)16(20)21)15(24)10-3-1-2-4-11(10)17(25)26/h1-7,22H,(H3,20,21)(H,25,26)/b23-14+. The minimum Gasteiger partial charge on any atom is -0.478 e. The van der Waals surface area contributed by atoms with Crippen molar-refractivity contribution >= 4 is 40.6 Å². The number of aromatic carboxylic acids is 1. The lowest BCUT2D eigenvalue weighted by Crippen LogP contribution is -2.21. The van der Waals surface area contributed by atoms with E-state index in [0.717, 1.165) is 0 Å². The molecule has 0 spiro atoms. The summed E-state index contributed by atoms with van der Waals surface area (Å²) in [5, 5.41) is 29.1. The topological polar surface area (TPSA) is 152 Å². The molecule has 26 heavy (non-hydrogen) atoms. The highest BCUT2D eigenvalue weighted by Crippen LogP contribution is 2.25. The zero-order valence-electron chi connectivity index (χ0n) is 13.2. The first-order chi connectivity index (χ1) is 12.3. The molecule has 0 radical (unpaired) electrons. The van der Waals surface area contributed by atoms with E-state index in [9.17, 15) is 14.7 Å². The smallest absolute Gasteiger partial charge is 0.336 e. The van der Waals surface area contributed by atoms with Crippen LogP contribution in [0.5, 0.6) is 0 Å². The number of nitrogens with zero attached hydrogens (tertiary/aromatic N) is 2. The van der Waals surface area contributed by atoms with Gasteiger partial charge >= 0.3 is 5.97 Å². The molecule has 0 atom stereocenters. The van der Waals surface area contributed by atoms with Crippen LogP contribution in [0.25, 0.3) is 0 Å². The molecule has 2 aromatic carbocycles. The largest absolute Gasteiger partial charge is 0.478 e. The number of nitrogens with two attached hydrogens (primary N) is 1. The van der Waals surface area contributed by atoms with Gasteiger partial charge in [0.1, 0.15) is 6.07 Å². The molecular formula is C17H12ClN5O3. The Morgan fingerprint density at radius 1 is 1.23 bits per heavy atom. The Balaban J connectivity index is 2.41. The van der Waals surface area contributed by atoms with Crippen LogP contribution in [0.4, 0.5) is 5.69 Å². The minimum atomic E-state index is -1.22. The second-order valence-electron chi connectivity index (χ2n) is 4.97. The lowest BCUT2D eigenvalue weighted by molar-refractivity contribution is 0.0693. The average Bonchev–Trinajstić information content (AvgIpc) is 2.62. The molecule has 0 aliphatic rings. The predicted octanol–water partition coefficient (Wildman–Crippen LogP) is 2.50. The van der Waals surface area contributed by atoms with Crippen LogP contribution in [-0.4, -0.2) is 28.4 Å². The lowest BCUT2D eigenvalue weighted by Gasteiger charge is -2.09. The maximum atomic E-state index is 12.7. The van der Waals surface area contributed by atoms with Gasteiger partial charge in [0.25, 0.3) is 0 Å². The first-order valence-electron chi connectivity index (χ1n) is 7.10. The highest BCUT2D eigenvalue weighted by molar-refractivity contribution is 6.46. The van der Waals surface area contributed by atoms with Gasteiger partial charge in [-0.2, -0.15) is 10.4 Å². The van der Waals surface area contributed by atoms with Gasteiger partial charge in [0.05, 0.1) is 16.3 Å². The summed E-state index contributed by atoms with van der Waals surface area (Å²) >= 11 is 6.03. The molecule has 0 amide bonds. The maximum Gasteiger partial charge on any atom is 0.336 e. The van der Waals surface area contributed by atoms with Crippen LogP contribution < -0.4 is 11.2 Å². The first-order valence-corrected chi connectivity index (χ1v) is 7.47. The number of hydrogen-bond acceptors (Lipinski definition) is 6. The third-order valence-electron chi connectivity index (χ3n) is 3.28. The summed E-state index contributed by atoms with van der Waals surface area (Å²) in [5.74, 6) is -2.26. The SMILES string of the molecule is N#C/C(=N\Nc1cc(C(=O)c2ccccc2C(=O)O)ccc1Cl)C(=N)N. The third-order valence-corrected chi connectivity index (χ3v) is 3.61. The lowest BCUT2D eigenvalue weighted by atomic mass is 9.98. The maximum absolute atomic E-state index is 12.7. The van der Waals surface area contributed by atoms with Crippen molar-refractivity contribution in [3.05, 3.63) is 64.2 Å². The fourth-order valence-electron chi connectivity index (χ4n) is 2.04. The summed E-state index contributed by atoms with van der Waals surface area (Å²) < 4.78 is 0. The summed E-state index contributed by atoms with van der Waals surface area (Å²) in [5.41, 5.74) is 7.58. The number of halogens is 1. The van der Waals surface area contributed by atoms with E-state index in [1.165, 1.54) is 36.4 Å². The van der Waals surface area contributed by atoms with Crippen LogP contribution in [0.2, 0.25) is 5.02 Å². The normalized spacial score (nSPS) is 10.7. The monoisotopic (exact) mass is 369 g/mol. The summed E-state index contributed by atoms with van der Waals surface area (Å²) in [6.07, 6.45) is 0. The van der Waals surface area contributed by atoms with Gasteiger partial charge in [0.2, 0.25) is 5.71 Å². The molecule has 0 fully saturated rings. The molecule has 8 nitrogen and oxygen atoms in total. The van der Waals surface area contributed by atoms with Crippen LogP contribution in [0.1, 0.15) is 26.3 Å². The number of carboxylic acids is 1. The van der Waals surface area contributed by atoms with Gasteiger partial charge in [-0.25, -0.2) is 4.79 Å². The van der Waals surface area contributed by atoms with E-state index in [4.69, 9.17) is 28.0 Å². The second kappa shape index (κ2) is 7.92. The molecule has 0 unspecified atom stereocenters. The molecule has 0 aliphatic carbocycles. The van der Waals surface area contributed by atoms with E-state index in [2.05, 4.69) is 10.5 Å².